The molecule has 98 valence electrons. The zero-order valence-electron chi connectivity index (χ0n) is 11.4. The maximum Gasteiger partial charge on any atom is 0.135 e. The summed E-state index contributed by atoms with van der Waals surface area (Å²) in [5.74, 6) is 1.76. The van der Waals surface area contributed by atoms with E-state index >= 15 is 0 Å². The number of hydrogen-bond donors (Lipinski definition) is 0. The summed E-state index contributed by atoms with van der Waals surface area (Å²) in [5, 5.41) is 0. The van der Waals surface area contributed by atoms with Gasteiger partial charge in [-0.25, -0.2) is 0 Å². The molecule has 1 nitrogen and oxygen atoms in total. The summed E-state index contributed by atoms with van der Waals surface area (Å²) in [6.07, 6.45) is 13.5. The van der Waals surface area contributed by atoms with Gasteiger partial charge in [0.05, 0.1) is 0 Å². The Bertz CT molecular complexity index is 232. The molecule has 0 amide bonds. The van der Waals surface area contributed by atoms with Gasteiger partial charge in [-0.3, -0.25) is 4.79 Å². The van der Waals surface area contributed by atoms with E-state index in [1.165, 1.54) is 38.5 Å². The average Bonchev–Trinajstić information content (AvgIpc) is 2.38. The van der Waals surface area contributed by atoms with Crippen LogP contribution < -0.4 is 0 Å². The van der Waals surface area contributed by atoms with Crippen molar-refractivity contribution in [2.75, 3.05) is 0 Å². The summed E-state index contributed by atoms with van der Waals surface area (Å²) in [6.45, 7) is 5.97. The zero-order valence-corrected chi connectivity index (χ0v) is 11.4. The first-order valence-electron chi connectivity index (χ1n) is 7.41. The van der Waals surface area contributed by atoms with Crippen molar-refractivity contribution in [1.82, 2.24) is 0 Å². The molecule has 1 aliphatic carbocycles. The largest absolute Gasteiger partial charge is 0.299 e. The lowest BCUT2D eigenvalue weighted by molar-refractivity contribution is -0.124. The predicted molar refractivity (Wildman–Crippen MR) is 74.0 cm³/mol. The molecule has 17 heavy (non-hydrogen) atoms. The van der Waals surface area contributed by atoms with Crippen LogP contribution in [0.25, 0.3) is 0 Å². The Morgan fingerprint density at radius 3 is 2.82 bits per heavy atom. The SMILES string of the molecule is C=CCCCCCC(=O)C1CCCC(CC)C1. The summed E-state index contributed by atoms with van der Waals surface area (Å²) < 4.78 is 0. The molecule has 1 aliphatic rings. The highest BCUT2D eigenvalue weighted by Gasteiger charge is 2.25. The molecule has 1 fully saturated rings. The topological polar surface area (TPSA) is 17.1 Å². The monoisotopic (exact) mass is 236 g/mol. The Hall–Kier alpha value is -0.590. The Balaban J connectivity index is 2.15. The van der Waals surface area contributed by atoms with Crippen molar-refractivity contribution in [1.29, 1.82) is 0 Å². The third-order valence-corrected chi connectivity index (χ3v) is 4.15. The van der Waals surface area contributed by atoms with E-state index in [9.17, 15) is 4.79 Å². The van der Waals surface area contributed by atoms with E-state index in [0.29, 0.717) is 11.7 Å². The lowest BCUT2D eigenvalue weighted by atomic mass is 9.77. The minimum absolute atomic E-state index is 0.396. The van der Waals surface area contributed by atoms with Crippen molar-refractivity contribution in [3.8, 4) is 0 Å². The van der Waals surface area contributed by atoms with E-state index in [4.69, 9.17) is 0 Å². The van der Waals surface area contributed by atoms with Crippen LogP contribution in [0.2, 0.25) is 0 Å². The van der Waals surface area contributed by atoms with Crippen molar-refractivity contribution < 1.29 is 4.79 Å². The van der Waals surface area contributed by atoms with Crippen LogP contribution in [0.3, 0.4) is 0 Å². The van der Waals surface area contributed by atoms with E-state index < -0.39 is 0 Å². The molecule has 0 heterocycles. The summed E-state index contributed by atoms with van der Waals surface area (Å²) in [4.78, 5) is 12.1. The lowest BCUT2D eigenvalue weighted by Crippen LogP contribution is -2.22. The highest BCUT2D eigenvalue weighted by molar-refractivity contribution is 5.81. The fraction of sp³-hybridized carbons (Fsp3) is 0.812. The van der Waals surface area contributed by atoms with Gasteiger partial charge in [0.25, 0.3) is 0 Å². The number of carbonyl (C=O) groups excluding carboxylic acids is 1. The maximum absolute atomic E-state index is 12.1. The molecule has 0 N–H and O–H groups in total. The second kappa shape index (κ2) is 8.49. The molecular weight excluding hydrogens is 208 g/mol. The molecule has 1 saturated carbocycles. The third kappa shape index (κ3) is 5.52. The molecule has 1 rings (SSSR count). The molecule has 0 aliphatic heterocycles. The molecule has 0 bridgehead atoms. The summed E-state index contributed by atoms with van der Waals surface area (Å²) in [6, 6.07) is 0. The van der Waals surface area contributed by atoms with Crippen molar-refractivity contribution in [2.24, 2.45) is 11.8 Å². The van der Waals surface area contributed by atoms with Crippen LogP contribution in [0.4, 0.5) is 0 Å². The fourth-order valence-corrected chi connectivity index (χ4v) is 2.92. The molecule has 0 saturated heterocycles. The number of allylic oxidation sites excluding steroid dienone is 1. The Morgan fingerprint density at radius 1 is 1.29 bits per heavy atom. The number of hydrogen-bond acceptors (Lipinski definition) is 1. The van der Waals surface area contributed by atoms with Gasteiger partial charge in [0.15, 0.2) is 0 Å². The maximum atomic E-state index is 12.1. The van der Waals surface area contributed by atoms with Gasteiger partial charge in [-0.05, 0) is 38.0 Å². The van der Waals surface area contributed by atoms with Crippen LogP contribution in [0, 0.1) is 11.8 Å². The van der Waals surface area contributed by atoms with Crippen LogP contribution >= 0.6 is 0 Å². The summed E-state index contributed by atoms with van der Waals surface area (Å²) in [5.41, 5.74) is 0. The van der Waals surface area contributed by atoms with E-state index in [0.717, 1.165) is 31.6 Å². The first-order chi connectivity index (χ1) is 8.27. The molecule has 0 aromatic heterocycles. The Morgan fingerprint density at radius 2 is 2.12 bits per heavy atom. The highest BCUT2D eigenvalue weighted by Crippen LogP contribution is 2.32. The molecule has 1 heteroatoms. The summed E-state index contributed by atoms with van der Waals surface area (Å²) in [7, 11) is 0. The highest BCUT2D eigenvalue weighted by atomic mass is 16.1. The van der Waals surface area contributed by atoms with Crippen LogP contribution in [0.5, 0.6) is 0 Å². The summed E-state index contributed by atoms with van der Waals surface area (Å²) >= 11 is 0. The fourth-order valence-electron chi connectivity index (χ4n) is 2.92. The second-order valence-electron chi connectivity index (χ2n) is 5.49. The molecule has 2 unspecified atom stereocenters. The molecule has 0 aromatic carbocycles. The molecule has 2 atom stereocenters. The molecular formula is C16H28O. The van der Waals surface area contributed by atoms with Gasteiger partial charge in [-0.1, -0.05) is 38.7 Å². The number of carbonyl (C=O) groups is 1. The average molecular weight is 236 g/mol. The van der Waals surface area contributed by atoms with E-state index in [2.05, 4.69) is 13.5 Å². The Labute approximate surface area is 107 Å². The van der Waals surface area contributed by atoms with Crippen LogP contribution in [0.15, 0.2) is 12.7 Å². The van der Waals surface area contributed by atoms with Gasteiger partial charge in [0.1, 0.15) is 5.78 Å². The normalized spacial score (nSPS) is 24.5. The second-order valence-corrected chi connectivity index (χ2v) is 5.49. The van der Waals surface area contributed by atoms with Gasteiger partial charge in [-0.15, -0.1) is 6.58 Å². The number of Topliss-reactive ketones (excluding diaryl/α,β-unsaturated/α-hetero) is 1. The molecule has 0 spiro atoms. The zero-order chi connectivity index (χ0) is 12.5. The van der Waals surface area contributed by atoms with Gasteiger partial charge in [0, 0.05) is 12.3 Å². The smallest absolute Gasteiger partial charge is 0.135 e. The first-order valence-corrected chi connectivity index (χ1v) is 7.41. The Kier molecular flexibility index (Phi) is 7.23. The first kappa shape index (κ1) is 14.5. The molecule has 0 aromatic rings. The third-order valence-electron chi connectivity index (χ3n) is 4.15. The predicted octanol–water partition coefficient (Wildman–Crippen LogP) is 4.91. The van der Waals surface area contributed by atoms with E-state index in [1.807, 2.05) is 6.08 Å². The van der Waals surface area contributed by atoms with Crippen LogP contribution in [-0.4, -0.2) is 5.78 Å². The van der Waals surface area contributed by atoms with E-state index in [-0.39, 0.29) is 0 Å². The quantitative estimate of drug-likeness (QED) is 0.432. The van der Waals surface area contributed by atoms with Gasteiger partial charge in [0.2, 0.25) is 0 Å². The van der Waals surface area contributed by atoms with Crippen LogP contribution in [-0.2, 0) is 4.79 Å². The minimum Gasteiger partial charge on any atom is -0.299 e. The lowest BCUT2D eigenvalue weighted by Gasteiger charge is -2.27. The van der Waals surface area contributed by atoms with Crippen molar-refractivity contribution in [2.45, 2.75) is 71.1 Å². The number of rotatable bonds is 8. The van der Waals surface area contributed by atoms with Gasteiger partial charge in [-0.2, -0.15) is 0 Å². The number of ketones is 1. The van der Waals surface area contributed by atoms with Crippen molar-refractivity contribution in [3.05, 3.63) is 12.7 Å². The number of unbranched alkanes of at least 4 members (excludes halogenated alkanes) is 3. The van der Waals surface area contributed by atoms with Crippen LogP contribution in [0.1, 0.15) is 71.1 Å². The van der Waals surface area contributed by atoms with Crippen molar-refractivity contribution in [3.63, 3.8) is 0 Å². The van der Waals surface area contributed by atoms with Crippen molar-refractivity contribution >= 4 is 5.78 Å². The standard InChI is InChI=1S/C16H28O/c1-3-5-6-7-8-12-16(17)15-11-9-10-14(4-2)13-15/h3,14-15H,1,4-13H2,2H3. The van der Waals surface area contributed by atoms with E-state index in [1.54, 1.807) is 0 Å². The van der Waals surface area contributed by atoms with Gasteiger partial charge >= 0.3 is 0 Å². The minimum atomic E-state index is 0.396. The molecule has 0 radical (unpaired) electrons. The van der Waals surface area contributed by atoms with Gasteiger partial charge < -0.3 is 0 Å².